The van der Waals surface area contributed by atoms with E-state index >= 15 is 0 Å². The van der Waals surface area contributed by atoms with Gasteiger partial charge >= 0.3 is 5.97 Å². The van der Waals surface area contributed by atoms with Gasteiger partial charge in [-0.15, -0.1) is 0 Å². The summed E-state index contributed by atoms with van der Waals surface area (Å²) in [6.45, 7) is 1.98. The third-order valence-corrected chi connectivity index (χ3v) is 4.87. The van der Waals surface area contributed by atoms with Crippen molar-refractivity contribution in [2.24, 2.45) is 5.92 Å². The second kappa shape index (κ2) is 5.25. The van der Waals surface area contributed by atoms with Crippen LogP contribution in [0.4, 0.5) is 0 Å². The minimum Gasteiger partial charge on any atom is -0.481 e. The number of aryl methyl sites for hydroxylation is 1. The van der Waals surface area contributed by atoms with Gasteiger partial charge in [0.2, 0.25) is 0 Å². The standard InChI is InChI=1S/C15H18BrNO2/c16-12-2-3-13-11(8-12)1-4-14(13)17-6-5-10(9-17)7-15(18)19/h2-3,8,10,14H,1,4-7,9H2,(H,18,19). The Bertz CT molecular complexity index is 503. The average Bonchev–Trinajstić information content (AvgIpc) is 2.93. The molecule has 0 radical (unpaired) electrons. The lowest BCUT2D eigenvalue weighted by Gasteiger charge is -2.24. The first kappa shape index (κ1) is 13.1. The molecule has 4 heteroatoms. The fraction of sp³-hybridized carbons (Fsp3) is 0.533. The highest BCUT2D eigenvalue weighted by molar-refractivity contribution is 9.10. The molecular formula is C15H18BrNO2. The Hall–Kier alpha value is -0.870. The molecule has 1 saturated heterocycles. The van der Waals surface area contributed by atoms with E-state index in [4.69, 9.17) is 5.11 Å². The van der Waals surface area contributed by atoms with Gasteiger partial charge in [0.25, 0.3) is 0 Å². The Labute approximate surface area is 121 Å². The van der Waals surface area contributed by atoms with E-state index in [0.29, 0.717) is 18.4 Å². The molecule has 1 heterocycles. The Morgan fingerprint density at radius 1 is 1.42 bits per heavy atom. The fourth-order valence-corrected chi connectivity index (χ4v) is 3.91. The summed E-state index contributed by atoms with van der Waals surface area (Å²) in [6, 6.07) is 7.06. The first-order valence-corrected chi connectivity index (χ1v) is 7.67. The van der Waals surface area contributed by atoms with Gasteiger partial charge in [-0.2, -0.15) is 0 Å². The van der Waals surface area contributed by atoms with Crippen LogP contribution in [-0.4, -0.2) is 29.1 Å². The van der Waals surface area contributed by atoms with Crippen molar-refractivity contribution in [1.82, 2.24) is 4.90 Å². The van der Waals surface area contributed by atoms with Gasteiger partial charge in [-0.3, -0.25) is 9.69 Å². The van der Waals surface area contributed by atoms with Crippen LogP contribution in [0.25, 0.3) is 0 Å². The number of rotatable bonds is 3. The number of hydrogen-bond acceptors (Lipinski definition) is 2. The Kier molecular flexibility index (Phi) is 3.63. The minimum absolute atomic E-state index is 0.316. The molecule has 1 aromatic rings. The summed E-state index contributed by atoms with van der Waals surface area (Å²) < 4.78 is 1.15. The summed E-state index contributed by atoms with van der Waals surface area (Å²) in [5, 5.41) is 8.89. The van der Waals surface area contributed by atoms with Crippen LogP contribution in [0.2, 0.25) is 0 Å². The number of fused-ring (bicyclic) bond motifs is 1. The molecule has 0 aromatic heterocycles. The van der Waals surface area contributed by atoms with Gasteiger partial charge in [-0.05, 0) is 55.0 Å². The number of carboxylic acid groups (broad SMARTS) is 1. The van der Waals surface area contributed by atoms with E-state index in [9.17, 15) is 4.79 Å². The van der Waals surface area contributed by atoms with Crippen LogP contribution in [0.5, 0.6) is 0 Å². The number of likely N-dealkylation sites (tertiary alicyclic amines) is 1. The van der Waals surface area contributed by atoms with E-state index in [1.165, 1.54) is 17.5 Å². The number of aliphatic carboxylic acids is 1. The van der Waals surface area contributed by atoms with Crippen molar-refractivity contribution in [2.75, 3.05) is 13.1 Å². The topological polar surface area (TPSA) is 40.5 Å². The smallest absolute Gasteiger partial charge is 0.303 e. The number of hydrogen-bond donors (Lipinski definition) is 1. The van der Waals surface area contributed by atoms with E-state index in [1.807, 2.05) is 0 Å². The van der Waals surface area contributed by atoms with Gasteiger partial charge in [0.05, 0.1) is 0 Å². The van der Waals surface area contributed by atoms with Crippen molar-refractivity contribution in [3.05, 3.63) is 33.8 Å². The third kappa shape index (κ3) is 2.70. The largest absolute Gasteiger partial charge is 0.481 e. The van der Waals surface area contributed by atoms with E-state index < -0.39 is 5.97 Å². The van der Waals surface area contributed by atoms with Crippen LogP contribution >= 0.6 is 15.9 Å². The second-order valence-corrected chi connectivity index (χ2v) is 6.56. The Balaban J connectivity index is 1.71. The van der Waals surface area contributed by atoms with Gasteiger partial charge in [0.15, 0.2) is 0 Å². The normalized spacial score (nSPS) is 26.6. The number of carboxylic acids is 1. The maximum atomic E-state index is 10.8. The lowest BCUT2D eigenvalue weighted by atomic mass is 10.1. The molecule has 102 valence electrons. The van der Waals surface area contributed by atoms with Gasteiger partial charge in [0, 0.05) is 23.5 Å². The van der Waals surface area contributed by atoms with Crippen LogP contribution in [0.15, 0.2) is 22.7 Å². The molecule has 3 rings (SSSR count). The maximum absolute atomic E-state index is 10.8. The molecule has 1 aliphatic heterocycles. The average molecular weight is 324 g/mol. The zero-order valence-electron chi connectivity index (χ0n) is 10.8. The molecule has 0 amide bonds. The SMILES string of the molecule is O=C(O)CC1CCN(C2CCc3cc(Br)ccc32)C1. The third-order valence-electron chi connectivity index (χ3n) is 4.37. The first-order valence-electron chi connectivity index (χ1n) is 6.87. The van der Waals surface area contributed by atoms with E-state index in [0.717, 1.165) is 30.4 Å². The Morgan fingerprint density at radius 2 is 2.26 bits per heavy atom. The predicted molar refractivity (Wildman–Crippen MR) is 77.1 cm³/mol. The predicted octanol–water partition coefficient (Wildman–Crippen LogP) is 3.23. The molecule has 3 nitrogen and oxygen atoms in total. The summed E-state index contributed by atoms with van der Waals surface area (Å²) in [4.78, 5) is 13.3. The molecule has 1 aromatic carbocycles. The second-order valence-electron chi connectivity index (χ2n) is 5.65. The Morgan fingerprint density at radius 3 is 3.05 bits per heavy atom. The summed E-state index contributed by atoms with van der Waals surface area (Å²) in [5.41, 5.74) is 2.89. The molecule has 1 fully saturated rings. The quantitative estimate of drug-likeness (QED) is 0.928. The highest BCUT2D eigenvalue weighted by atomic mass is 79.9. The molecule has 0 bridgehead atoms. The van der Waals surface area contributed by atoms with Crippen molar-refractivity contribution < 1.29 is 9.90 Å². The van der Waals surface area contributed by atoms with E-state index in [2.05, 4.69) is 39.0 Å². The van der Waals surface area contributed by atoms with Crippen molar-refractivity contribution in [3.63, 3.8) is 0 Å². The zero-order valence-corrected chi connectivity index (χ0v) is 12.4. The van der Waals surface area contributed by atoms with Crippen molar-refractivity contribution in [2.45, 2.75) is 31.7 Å². The van der Waals surface area contributed by atoms with Crippen LogP contribution in [0.1, 0.15) is 36.4 Å². The van der Waals surface area contributed by atoms with Crippen molar-refractivity contribution >= 4 is 21.9 Å². The van der Waals surface area contributed by atoms with Crippen molar-refractivity contribution in [1.29, 1.82) is 0 Å². The van der Waals surface area contributed by atoms with Crippen LogP contribution in [0.3, 0.4) is 0 Å². The van der Waals surface area contributed by atoms with Gasteiger partial charge < -0.3 is 5.11 Å². The fourth-order valence-electron chi connectivity index (χ4n) is 3.50. The summed E-state index contributed by atoms with van der Waals surface area (Å²) in [7, 11) is 0. The monoisotopic (exact) mass is 323 g/mol. The lowest BCUT2D eigenvalue weighted by Crippen LogP contribution is -2.25. The number of nitrogens with zero attached hydrogens (tertiary/aromatic N) is 1. The maximum Gasteiger partial charge on any atom is 0.303 e. The highest BCUT2D eigenvalue weighted by Gasteiger charge is 2.33. The highest BCUT2D eigenvalue weighted by Crippen LogP contribution is 2.39. The van der Waals surface area contributed by atoms with Crippen LogP contribution < -0.4 is 0 Å². The molecule has 2 unspecified atom stereocenters. The molecule has 1 aliphatic carbocycles. The lowest BCUT2D eigenvalue weighted by molar-refractivity contribution is -0.138. The summed E-state index contributed by atoms with van der Waals surface area (Å²) >= 11 is 3.53. The molecule has 0 saturated carbocycles. The number of carbonyl (C=O) groups is 1. The summed E-state index contributed by atoms with van der Waals surface area (Å²) in [5.74, 6) is -0.334. The molecule has 2 atom stereocenters. The minimum atomic E-state index is -0.664. The number of halogens is 1. The zero-order chi connectivity index (χ0) is 13.4. The molecule has 1 N–H and O–H groups in total. The summed E-state index contributed by atoms with van der Waals surface area (Å²) in [6.07, 6.45) is 3.65. The molecule has 0 spiro atoms. The first-order chi connectivity index (χ1) is 9.13. The van der Waals surface area contributed by atoms with Gasteiger partial charge in [0.1, 0.15) is 0 Å². The van der Waals surface area contributed by atoms with E-state index in [1.54, 1.807) is 0 Å². The van der Waals surface area contributed by atoms with Crippen molar-refractivity contribution in [3.8, 4) is 0 Å². The molecular weight excluding hydrogens is 306 g/mol. The van der Waals surface area contributed by atoms with Gasteiger partial charge in [-0.1, -0.05) is 22.0 Å². The van der Waals surface area contributed by atoms with E-state index in [-0.39, 0.29) is 0 Å². The molecule has 2 aliphatic rings. The van der Waals surface area contributed by atoms with Crippen LogP contribution in [-0.2, 0) is 11.2 Å². The van der Waals surface area contributed by atoms with Crippen LogP contribution in [0, 0.1) is 5.92 Å². The number of benzene rings is 1. The molecule has 19 heavy (non-hydrogen) atoms. The van der Waals surface area contributed by atoms with Gasteiger partial charge in [-0.25, -0.2) is 0 Å².